The van der Waals surface area contributed by atoms with Gasteiger partial charge in [-0.05, 0) is 30.3 Å². The molecule has 2 heterocycles. The number of halogens is 4. The number of imidazole rings is 1. The zero-order chi connectivity index (χ0) is 30.9. The molecule has 8 nitrogen and oxygen atoms in total. The molecule has 1 amide bonds. The summed E-state index contributed by atoms with van der Waals surface area (Å²) < 4.78 is 45.7. The van der Waals surface area contributed by atoms with Gasteiger partial charge in [0.25, 0.3) is 0 Å². The normalized spacial score (nSPS) is 17.4. The van der Waals surface area contributed by atoms with Gasteiger partial charge in [0.2, 0.25) is 0 Å². The van der Waals surface area contributed by atoms with Gasteiger partial charge < -0.3 is 0 Å². The van der Waals surface area contributed by atoms with Crippen LogP contribution in [-0.2, 0) is 6.18 Å². The number of nitrogens with one attached hydrogen (secondary N) is 1. The van der Waals surface area contributed by atoms with Crippen LogP contribution >= 0.6 is 19.8 Å². The Balaban J connectivity index is 1.60. The van der Waals surface area contributed by atoms with E-state index in [0.717, 1.165) is 47.0 Å². The number of carbonyl (C=O) groups is 1. The molecule has 12 heteroatoms. The third-order valence-electron chi connectivity index (χ3n) is 7.75. The maximum absolute atomic E-state index is 14.0. The summed E-state index contributed by atoms with van der Waals surface area (Å²) in [6.07, 6.45) is 0.543. The first-order valence-electron chi connectivity index (χ1n) is 13.8. The van der Waals surface area contributed by atoms with E-state index >= 15 is 0 Å². The molecule has 5 rings (SSSR count). The third-order valence-corrected chi connectivity index (χ3v) is 10.8. The van der Waals surface area contributed by atoms with Crippen molar-refractivity contribution < 1.29 is 18.0 Å². The van der Waals surface area contributed by atoms with Crippen LogP contribution in [0.3, 0.4) is 0 Å². The smallest absolute Gasteiger partial charge is 0.166 e. The summed E-state index contributed by atoms with van der Waals surface area (Å²) in [5, 5.41) is 16.6. The Morgan fingerprint density at radius 3 is 2.40 bits per heavy atom. The zero-order valence-corrected chi connectivity index (χ0v) is 26.2. The fraction of sp³-hybridized carbons (Fsp3) is 0.355. The number of amides is 1. The average molecular weight is 705 g/mol. The fourth-order valence-corrected chi connectivity index (χ4v) is 9.09. The van der Waals surface area contributed by atoms with Gasteiger partial charge in [0, 0.05) is 0 Å². The second-order valence-corrected chi connectivity index (χ2v) is 17.0. The summed E-state index contributed by atoms with van der Waals surface area (Å²) in [5.41, 5.74) is 0.225. The number of hydrogen-bond donors (Lipinski definition) is 1. The molecule has 0 saturated heterocycles. The molecule has 1 aliphatic rings. The van der Waals surface area contributed by atoms with Crippen LogP contribution in [0.4, 0.5) is 18.0 Å². The van der Waals surface area contributed by atoms with Crippen molar-refractivity contribution in [1.82, 2.24) is 24.2 Å². The number of aromatic nitrogens is 4. The summed E-state index contributed by atoms with van der Waals surface area (Å²) in [7, 11) is 0. The van der Waals surface area contributed by atoms with Crippen LogP contribution in [0.25, 0.3) is 22.8 Å². The van der Waals surface area contributed by atoms with E-state index in [1.807, 2.05) is 0 Å². The van der Waals surface area contributed by atoms with E-state index in [4.69, 9.17) is 0 Å². The summed E-state index contributed by atoms with van der Waals surface area (Å²) in [6, 6.07) is 14.1. The van der Waals surface area contributed by atoms with Crippen molar-refractivity contribution in [2.24, 2.45) is 5.92 Å². The first-order valence-corrected chi connectivity index (χ1v) is 19.7. The van der Waals surface area contributed by atoms with E-state index in [2.05, 4.69) is 26.3 Å². The molecule has 0 bridgehead atoms. The first-order chi connectivity index (χ1) is 20.5. The van der Waals surface area contributed by atoms with Gasteiger partial charge in [0.15, 0.2) is 0 Å². The number of benzene rings is 2. The fourth-order valence-electron chi connectivity index (χ4n) is 5.72. The maximum atomic E-state index is 14.0. The molecular formula is C31H32F3IN6O2. The predicted molar refractivity (Wildman–Crippen MR) is 167 cm³/mol. The summed E-state index contributed by atoms with van der Waals surface area (Å²) in [4.78, 5) is 32.5. The van der Waals surface area contributed by atoms with Crippen molar-refractivity contribution in [3.63, 3.8) is 0 Å². The van der Waals surface area contributed by atoms with Gasteiger partial charge in [0.1, 0.15) is 0 Å². The molecule has 0 radical (unpaired) electrons. The van der Waals surface area contributed by atoms with Crippen LogP contribution < -0.4 is 11.0 Å². The van der Waals surface area contributed by atoms with Gasteiger partial charge in [-0.1, -0.05) is 6.07 Å². The Morgan fingerprint density at radius 2 is 1.77 bits per heavy atom. The molecule has 1 fully saturated rings. The molecule has 1 aliphatic carbocycles. The molecular weight excluding hydrogens is 672 g/mol. The van der Waals surface area contributed by atoms with Gasteiger partial charge in [-0.3, -0.25) is 0 Å². The van der Waals surface area contributed by atoms with Gasteiger partial charge in [-0.15, -0.1) is 0 Å². The number of hydrogen-bond acceptors (Lipinski definition) is 4. The molecule has 0 atom stereocenters. The molecule has 43 heavy (non-hydrogen) atoms. The predicted octanol–water partition coefficient (Wildman–Crippen LogP) is 6.57. The monoisotopic (exact) mass is 704 g/mol. The van der Waals surface area contributed by atoms with Gasteiger partial charge in [-0.25, -0.2) is 0 Å². The van der Waals surface area contributed by atoms with Gasteiger partial charge >= 0.3 is 183 Å². The van der Waals surface area contributed by atoms with Gasteiger partial charge in [-0.2, -0.15) is 18.4 Å². The van der Waals surface area contributed by atoms with Crippen LogP contribution in [0.1, 0.15) is 42.5 Å². The Bertz CT molecular complexity index is 1720. The Morgan fingerprint density at radius 1 is 1.07 bits per heavy atom. The van der Waals surface area contributed by atoms with E-state index in [9.17, 15) is 28.0 Å². The summed E-state index contributed by atoms with van der Waals surface area (Å²) in [5.74, 6) is 0.664. The van der Waals surface area contributed by atoms with E-state index < -0.39 is 43.3 Å². The summed E-state index contributed by atoms with van der Waals surface area (Å²) >= 11 is -0.863. The molecule has 0 spiro atoms. The van der Waals surface area contributed by atoms with Crippen LogP contribution in [0, 0.1) is 24.2 Å². The van der Waals surface area contributed by atoms with E-state index in [-0.39, 0.29) is 23.1 Å². The first kappa shape index (κ1) is 30.6. The van der Waals surface area contributed by atoms with Crippen molar-refractivity contribution in [2.45, 2.75) is 44.8 Å². The Kier molecular flexibility index (Phi) is 8.82. The van der Waals surface area contributed by atoms with Crippen molar-refractivity contribution in [3.05, 3.63) is 88.1 Å². The van der Waals surface area contributed by atoms with E-state index in [1.165, 1.54) is 27.4 Å². The molecule has 4 aromatic rings. The molecule has 226 valence electrons. The standard InChI is InChI=1S/C31H32F3IN6O2/c1-20-28(27-15-16-37-41(27)25-13-9-22(19-36)10-14-25)40(29(42)38-24-11-7-21(8-12-24)18-35(2)3)30(43)39(20)26-6-4-5-23(17-26)31(32,33)34/h4-6,9-10,13-17,21,24H,7-8,11-12,18H2,1-3H3,(H,38,42). The number of rotatable bonds is 6. The zero-order valence-electron chi connectivity index (χ0n) is 24.0. The van der Waals surface area contributed by atoms with Crippen molar-refractivity contribution in [1.29, 1.82) is 5.26 Å². The molecule has 2 aromatic carbocycles. The summed E-state index contributed by atoms with van der Waals surface area (Å²) in [6.45, 7) is 1.60. The van der Waals surface area contributed by atoms with Crippen molar-refractivity contribution in [2.75, 3.05) is 14.3 Å². The number of carbonyl (C=O) groups excluding carboxylic acids is 1. The molecule has 0 unspecified atom stereocenters. The van der Waals surface area contributed by atoms with Crippen LogP contribution in [0.5, 0.6) is 0 Å². The average Bonchev–Trinajstić information content (AvgIpc) is 3.55. The quantitative estimate of drug-likeness (QED) is 0.181. The molecule has 0 aliphatic heterocycles. The number of alkyl halides is 6. The molecule has 2 aromatic heterocycles. The third kappa shape index (κ3) is 6.41. The number of nitrogens with zero attached hydrogens (tertiary/aromatic N) is 5. The van der Waals surface area contributed by atoms with Crippen LogP contribution in [0.2, 0.25) is 0 Å². The SMILES string of the molecule is Cc1c(-c2ccnn2-c2ccc(C#N)cc2)n(C(=O)NC2CCC(CI(C)C)CC2)c(=O)n1-c1cccc(C(F)(F)F)c1. The minimum atomic E-state index is -4.61. The van der Waals surface area contributed by atoms with Crippen molar-refractivity contribution >= 4 is 25.9 Å². The molecule has 1 N–H and O–H groups in total. The molecule has 1 saturated carbocycles. The topological polar surface area (TPSA) is 97.6 Å². The Hall–Kier alpha value is -3.86. The van der Waals surface area contributed by atoms with Gasteiger partial charge in [0.05, 0.1) is 17.2 Å². The minimum Gasteiger partial charge on any atom is -0.166 e. The van der Waals surface area contributed by atoms with Crippen molar-refractivity contribution in [3.8, 4) is 28.8 Å². The van der Waals surface area contributed by atoms with E-state index in [0.29, 0.717) is 22.9 Å². The van der Waals surface area contributed by atoms with Crippen LogP contribution in [0.15, 0.2) is 65.6 Å². The second-order valence-electron chi connectivity index (χ2n) is 11.0. The Labute approximate surface area is 254 Å². The number of nitriles is 1. The second kappa shape index (κ2) is 12.4. The van der Waals surface area contributed by atoms with E-state index in [1.54, 1.807) is 37.3 Å². The minimum absolute atomic E-state index is 0.00606. The van der Waals surface area contributed by atoms with Crippen LogP contribution in [-0.4, -0.2) is 45.3 Å².